The van der Waals surface area contributed by atoms with E-state index in [9.17, 15) is 0 Å². The van der Waals surface area contributed by atoms with Crippen molar-refractivity contribution in [3.8, 4) is 0 Å². The molecule has 1 aliphatic heterocycles. The second-order valence-electron chi connectivity index (χ2n) is 1.30. The Bertz CT molecular complexity index is 126. The molecule has 1 rings (SSSR count). The van der Waals surface area contributed by atoms with E-state index >= 15 is 0 Å². The van der Waals surface area contributed by atoms with Gasteiger partial charge >= 0.3 is 12.0 Å². The molecule has 0 amide bonds. The molecule has 36 valence electrons. The van der Waals surface area contributed by atoms with Gasteiger partial charge in [0.1, 0.15) is 0 Å². The second-order valence-corrected chi connectivity index (χ2v) is 1.30. The highest BCUT2D eigenvalue weighted by Gasteiger charge is 2.02. The fourth-order valence-electron chi connectivity index (χ4n) is 0.456. The number of hydrogen-bond donors (Lipinski definition) is 0. The van der Waals surface area contributed by atoms with Gasteiger partial charge in [-0.2, -0.15) is 0 Å². The largest absolute Gasteiger partial charge is 0.348 e. The van der Waals surface area contributed by atoms with Crippen LogP contribution in [0.1, 0.15) is 6.92 Å². The molecule has 0 atom stereocenters. The molecule has 1 heteroatoms. The van der Waals surface area contributed by atoms with E-state index in [-0.39, 0.29) is 0 Å². The van der Waals surface area contributed by atoms with E-state index < -0.39 is 0 Å². The molecule has 0 saturated heterocycles. The molecular formula is C6H7O+. The third-order valence-electron chi connectivity index (χ3n) is 0.828. The Morgan fingerprint density at radius 3 is 2.86 bits per heavy atom. The maximum absolute atomic E-state index is 4.93. The van der Waals surface area contributed by atoms with Crippen LogP contribution in [0.4, 0.5) is 0 Å². The average Bonchev–Trinajstić information content (AvgIpc) is 2.14. The summed E-state index contributed by atoms with van der Waals surface area (Å²) in [5, 5.41) is 0. The van der Waals surface area contributed by atoms with Crippen molar-refractivity contribution in [1.82, 2.24) is 0 Å². The lowest BCUT2D eigenvalue weighted by atomic mass is 10.4. The molecule has 0 bridgehead atoms. The summed E-state index contributed by atoms with van der Waals surface area (Å²) in [5.74, 6) is 0.931. The Kier molecular flexibility index (Phi) is 1.07. The number of carbonyl (C=O) groups excluding carboxylic acids is 1. The minimum Gasteiger partial charge on any atom is -0.217 e. The van der Waals surface area contributed by atoms with E-state index in [2.05, 4.69) is 0 Å². The Hall–Kier alpha value is -0.850. The summed E-state index contributed by atoms with van der Waals surface area (Å²) >= 11 is 0. The van der Waals surface area contributed by atoms with Gasteiger partial charge in [0.15, 0.2) is 0 Å². The minimum absolute atomic E-state index is 0.931. The molecule has 0 saturated carbocycles. The Morgan fingerprint density at radius 2 is 2.57 bits per heavy atom. The van der Waals surface area contributed by atoms with Gasteiger partial charge in [-0.25, -0.2) is 4.42 Å². The summed E-state index contributed by atoms with van der Waals surface area (Å²) in [6, 6.07) is 0. The lowest BCUT2D eigenvalue weighted by Crippen LogP contribution is -1.66. The van der Waals surface area contributed by atoms with Gasteiger partial charge in [0.05, 0.1) is 6.08 Å². The van der Waals surface area contributed by atoms with Crippen LogP contribution in [0.2, 0.25) is 0 Å². The summed E-state index contributed by atoms with van der Waals surface area (Å²) < 4.78 is 4.93. The zero-order valence-corrected chi connectivity index (χ0v) is 4.22. The standard InChI is InChI=1S/C6H7O/c1-2-6-4-3-5-7-6/h2-5H,1H3/q+1. The topological polar surface area (TPSA) is 11.3 Å². The first-order valence-electron chi connectivity index (χ1n) is 2.26. The number of hydrogen-bond acceptors (Lipinski definition) is 0. The molecule has 0 aromatic rings. The van der Waals surface area contributed by atoms with Crippen molar-refractivity contribution in [3.05, 3.63) is 24.0 Å². The first-order chi connectivity index (χ1) is 3.43. The van der Waals surface area contributed by atoms with Crippen LogP contribution >= 0.6 is 0 Å². The molecule has 1 nitrogen and oxygen atoms in total. The van der Waals surface area contributed by atoms with Crippen LogP contribution in [-0.2, 0) is 4.42 Å². The molecule has 0 aromatic heterocycles. The van der Waals surface area contributed by atoms with Crippen LogP contribution in [-0.4, -0.2) is 6.29 Å². The average molecular weight is 95.1 g/mol. The second kappa shape index (κ2) is 1.73. The van der Waals surface area contributed by atoms with E-state index in [4.69, 9.17) is 4.42 Å². The van der Waals surface area contributed by atoms with Crippen molar-refractivity contribution in [2.75, 3.05) is 0 Å². The van der Waals surface area contributed by atoms with Crippen molar-refractivity contribution in [2.45, 2.75) is 6.92 Å². The molecular weight excluding hydrogens is 88.1 g/mol. The highest BCUT2D eigenvalue weighted by atomic mass is 16.4. The summed E-state index contributed by atoms with van der Waals surface area (Å²) in [6.07, 6.45) is 7.37. The van der Waals surface area contributed by atoms with E-state index in [1.165, 1.54) is 0 Å². The molecule has 0 fully saturated rings. The molecule has 0 aliphatic carbocycles. The van der Waals surface area contributed by atoms with E-state index in [1.807, 2.05) is 25.2 Å². The van der Waals surface area contributed by atoms with Gasteiger partial charge in [-0.15, -0.1) is 0 Å². The first-order valence-corrected chi connectivity index (χ1v) is 2.26. The van der Waals surface area contributed by atoms with Crippen molar-refractivity contribution in [1.29, 1.82) is 0 Å². The van der Waals surface area contributed by atoms with Gasteiger partial charge in [-0.1, -0.05) is 0 Å². The quantitative estimate of drug-likeness (QED) is 0.316. The van der Waals surface area contributed by atoms with Gasteiger partial charge < -0.3 is 0 Å². The fourth-order valence-corrected chi connectivity index (χ4v) is 0.456. The van der Waals surface area contributed by atoms with Gasteiger partial charge in [-0.05, 0) is 6.92 Å². The smallest absolute Gasteiger partial charge is 0.217 e. The maximum atomic E-state index is 4.93. The molecule has 0 spiro atoms. The van der Waals surface area contributed by atoms with Crippen LogP contribution in [0, 0.1) is 0 Å². The molecule has 1 aliphatic rings. The molecule has 0 radical (unpaired) electrons. The molecule has 1 heterocycles. The van der Waals surface area contributed by atoms with E-state index in [1.54, 1.807) is 6.29 Å². The lowest BCUT2D eigenvalue weighted by Gasteiger charge is -1.62. The summed E-state index contributed by atoms with van der Waals surface area (Å²) in [5.41, 5.74) is 0. The van der Waals surface area contributed by atoms with Gasteiger partial charge in [-0.3, -0.25) is 0 Å². The van der Waals surface area contributed by atoms with Gasteiger partial charge in [0, 0.05) is 12.2 Å². The summed E-state index contributed by atoms with van der Waals surface area (Å²) in [6.45, 7) is 1.94. The summed E-state index contributed by atoms with van der Waals surface area (Å²) in [4.78, 5) is 0. The van der Waals surface area contributed by atoms with Crippen LogP contribution in [0.3, 0.4) is 0 Å². The Morgan fingerprint density at radius 1 is 1.71 bits per heavy atom. The third kappa shape index (κ3) is 0.769. The zero-order valence-electron chi connectivity index (χ0n) is 4.22. The van der Waals surface area contributed by atoms with Crippen LogP contribution in [0.25, 0.3) is 0 Å². The third-order valence-corrected chi connectivity index (χ3v) is 0.828. The Balaban J connectivity index is 2.79. The zero-order chi connectivity index (χ0) is 5.11. The first kappa shape index (κ1) is 4.31. The normalized spacial score (nSPS) is 22.1. The predicted molar refractivity (Wildman–Crippen MR) is 29.0 cm³/mol. The van der Waals surface area contributed by atoms with Crippen LogP contribution in [0.15, 0.2) is 24.0 Å². The lowest BCUT2D eigenvalue weighted by molar-refractivity contribution is -0.380. The molecule has 0 N–H and O–H groups in total. The number of allylic oxidation sites excluding steroid dienone is 3. The van der Waals surface area contributed by atoms with Crippen molar-refractivity contribution >= 4 is 6.29 Å². The van der Waals surface area contributed by atoms with Gasteiger partial charge in [0.2, 0.25) is 0 Å². The maximum Gasteiger partial charge on any atom is 0.348 e. The summed E-state index contributed by atoms with van der Waals surface area (Å²) in [7, 11) is 0. The van der Waals surface area contributed by atoms with Gasteiger partial charge in [0.25, 0.3) is 0 Å². The minimum atomic E-state index is 0.931. The van der Waals surface area contributed by atoms with Crippen LogP contribution < -0.4 is 0 Å². The highest BCUT2D eigenvalue weighted by Crippen LogP contribution is 1.96. The van der Waals surface area contributed by atoms with Crippen LogP contribution in [0.5, 0.6) is 0 Å². The van der Waals surface area contributed by atoms with Crippen molar-refractivity contribution in [2.24, 2.45) is 0 Å². The molecule has 0 unspecified atom stereocenters. The monoisotopic (exact) mass is 95.0 g/mol. The molecule has 0 aromatic carbocycles. The predicted octanol–water partition coefficient (Wildman–Crippen LogP) is 1.19. The number of rotatable bonds is 0. The SMILES string of the molecule is CC=C1C=CC=[O+]1. The number of aldehydes is 1. The molecule has 7 heavy (non-hydrogen) atoms. The van der Waals surface area contributed by atoms with E-state index in [0.29, 0.717) is 0 Å². The Labute approximate surface area is 42.7 Å². The van der Waals surface area contributed by atoms with Crippen molar-refractivity contribution < 1.29 is 4.42 Å². The fraction of sp³-hybridized carbons (Fsp3) is 0.167. The van der Waals surface area contributed by atoms with E-state index in [0.717, 1.165) is 5.76 Å². The van der Waals surface area contributed by atoms with Crippen molar-refractivity contribution in [3.63, 3.8) is 0 Å². The highest BCUT2D eigenvalue weighted by molar-refractivity contribution is 5.68.